The van der Waals surface area contributed by atoms with E-state index in [0.29, 0.717) is 78.9 Å². The average molecular weight is 776 g/mol. The Morgan fingerprint density at radius 1 is 0.510 bits per heavy atom. The Morgan fingerprint density at radius 3 is 1.10 bits per heavy atom. The summed E-state index contributed by atoms with van der Waals surface area (Å²) in [5, 5.41) is 0.373. The number of alkyl halides is 1. The van der Waals surface area contributed by atoms with Crippen molar-refractivity contribution in [3.8, 4) is 17.2 Å². The van der Waals surface area contributed by atoms with Crippen molar-refractivity contribution in [1.29, 1.82) is 0 Å². The van der Waals surface area contributed by atoms with Gasteiger partial charge in [0.15, 0.2) is 0 Å². The molecule has 0 aromatic heterocycles. The fourth-order valence-corrected chi connectivity index (χ4v) is 4.84. The van der Waals surface area contributed by atoms with Crippen molar-refractivity contribution >= 4 is 33.8 Å². The van der Waals surface area contributed by atoms with E-state index in [4.69, 9.17) is 42.6 Å². The smallest absolute Gasteiger partial charge is 0.338 e. The van der Waals surface area contributed by atoms with E-state index in [-0.39, 0.29) is 39.6 Å². The Morgan fingerprint density at radius 2 is 0.824 bits per heavy atom. The molecular weight excluding hydrogens is 728 g/mol. The number of hydrogen-bond donors (Lipinski definition) is 0. The number of esters is 3. The molecule has 0 heterocycles. The van der Waals surface area contributed by atoms with Crippen LogP contribution in [-0.2, 0) is 28.4 Å². The summed E-state index contributed by atoms with van der Waals surface area (Å²) >= 11 is 3.63. The van der Waals surface area contributed by atoms with Gasteiger partial charge in [0.05, 0.1) is 41.9 Å². The molecule has 0 bridgehead atoms. The number of ether oxygens (including phenoxy) is 9. The third-order valence-electron chi connectivity index (χ3n) is 7.12. The summed E-state index contributed by atoms with van der Waals surface area (Å²) in [5.74, 6) is -0.168. The van der Waals surface area contributed by atoms with Gasteiger partial charge < -0.3 is 42.6 Å². The standard InChI is InChI=1S/C38H47BrO12/c1-4-43-16-19-46-35(40)29-10-7-13-32(22-29)49-26-38(25-39,27-50-33-14-8-11-30(23-33)36(41)47-20-17-44-5-2)28-51-34-15-9-12-31(24-34)37(42)48-21-18-45-6-3/h7-15,22-24H,4-6,16-21,25-28H2,1-3H3. The lowest BCUT2D eigenvalue weighted by Gasteiger charge is -2.31. The van der Waals surface area contributed by atoms with Gasteiger partial charge in [-0.1, -0.05) is 34.1 Å². The number of carbonyl (C=O) groups excluding carboxylic acids is 3. The average Bonchev–Trinajstić information content (AvgIpc) is 3.17. The third kappa shape index (κ3) is 14.9. The molecule has 3 rings (SSSR count). The molecule has 0 N–H and O–H groups in total. The van der Waals surface area contributed by atoms with E-state index >= 15 is 0 Å². The van der Waals surface area contributed by atoms with Gasteiger partial charge >= 0.3 is 17.9 Å². The summed E-state index contributed by atoms with van der Waals surface area (Å²) in [6, 6.07) is 20.0. The van der Waals surface area contributed by atoms with Crippen LogP contribution in [0.2, 0.25) is 0 Å². The molecule has 0 amide bonds. The van der Waals surface area contributed by atoms with Crippen LogP contribution in [0.1, 0.15) is 51.8 Å². The molecule has 13 heteroatoms. The fraction of sp³-hybridized carbons (Fsp3) is 0.447. The molecule has 3 aromatic carbocycles. The largest absolute Gasteiger partial charge is 0.493 e. The third-order valence-corrected chi connectivity index (χ3v) is 8.31. The zero-order chi connectivity index (χ0) is 36.7. The van der Waals surface area contributed by atoms with Crippen LogP contribution in [0.25, 0.3) is 0 Å². The summed E-state index contributed by atoms with van der Waals surface area (Å²) in [7, 11) is 0. The van der Waals surface area contributed by atoms with Crippen molar-refractivity contribution < 1.29 is 57.0 Å². The topological polar surface area (TPSA) is 134 Å². The van der Waals surface area contributed by atoms with Gasteiger partial charge in [-0.3, -0.25) is 0 Å². The summed E-state index contributed by atoms with van der Waals surface area (Å²) < 4.78 is 50.3. The highest BCUT2D eigenvalue weighted by molar-refractivity contribution is 9.09. The molecule has 278 valence electrons. The number of halogens is 1. The second-order valence-electron chi connectivity index (χ2n) is 11.1. The predicted molar refractivity (Wildman–Crippen MR) is 192 cm³/mol. The molecule has 0 saturated carbocycles. The molecule has 12 nitrogen and oxygen atoms in total. The van der Waals surface area contributed by atoms with Crippen LogP contribution in [0.5, 0.6) is 17.2 Å². The van der Waals surface area contributed by atoms with Crippen LogP contribution in [0.4, 0.5) is 0 Å². The molecule has 3 aromatic rings. The Hall–Kier alpha value is -4.17. The van der Waals surface area contributed by atoms with E-state index in [2.05, 4.69) is 15.9 Å². The van der Waals surface area contributed by atoms with E-state index in [1.54, 1.807) is 72.8 Å². The summed E-state index contributed by atoms with van der Waals surface area (Å²) in [4.78, 5) is 37.8. The van der Waals surface area contributed by atoms with Gasteiger partial charge in [-0.25, -0.2) is 14.4 Å². The van der Waals surface area contributed by atoms with Crippen LogP contribution in [0.3, 0.4) is 0 Å². The molecule has 0 radical (unpaired) electrons. The Balaban J connectivity index is 1.76. The maximum atomic E-state index is 12.6. The first-order valence-electron chi connectivity index (χ1n) is 16.8. The quantitative estimate of drug-likeness (QED) is 0.0421. The first-order chi connectivity index (χ1) is 24.8. The predicted octanol–water partition coefficient (Wildman–Crippen LogP) is 6.18. The highest BCUT2D eigenvalue weighted by atomic mass is 79.9. The lowest BCUT2D eigenvalue weighted by Crippen LogP contribution is -2.42. The van der Waals surface area contributed by atoms with Crippen LogP contribution in [-0.4, -0.2) is 103 Å². The van der Waals surface area contributed by atoms with Crippen LogP contribution >= 0.6 is 15.9 Å². The number of benzene rings is 3. The molecule has 0 fully saturated rings. The zero-order valence-electron chi connectivity index (χ0n) is 29.4. The molecule has 0 aliphatic heterocycles. The van der Waals surface area contributed by atoms with Gasteiger partial charge in [-0.05, 0) is 75.4 Å². The Bertz CT molecular complexity index is 1320. The van der Waals surface area contributed by atoms with Crippen molar-refractivity contribution in [2.24, 2.45) is 5.41 Å². The Kier molecular flexibility index (Phi) is 18.9. The lowest BCUT2D eigenvalue weighted by atomic mass is 9.94. The van der Waals surface area contributed by atoms with E-state index in [0.717, 1.165) is 0 Å². The molecule has 0 saturated heterocycles. The van der Waals surface area contributed by atoms with Gasteiger partial charge in [-0.2, -0.15) is 0 Å². The summed E-state index contributed by atoms with van der Waals surface area (Å²) in [6.45, 7) is 8.81. The van der Waals surface area contributed by atoms with Gasteiger partial charge in [0.1, 0.15) is 56.9 Å². The van der Waals surface area contributed by atoms with Gasteiger partial charge in [0, 0.05) is 25.2 Å². The van der Waals surface area contributed by atoms with E-state index in [1.165, 1.54) is 0 Å². The molecule has 0 atom stereocenters. The summed E-state index contributed by atoms with van der Waals surface area (Å²) in [6.07, 6.45) is 0. The fourth-order valence-electron chi connectivity index (χ4n) is 4.35. The van der Waals surface area contributed by atoms with E-state index < -0.39 is 23.3 Å². The minimum Gasteiger partial charge on any atom is -0.493 e. The maximum absolute atomic E-state index is 12.6. The second-order valence-corrected chi connectivity index (χ2v) is 11.6. The van der Waals surface area contributed by atoms with Crippen LogP contribution < -0.4 is 14.2 Å². The molecule has 0 spiro atoms. The number of rotatable bonds is 25. The molecule has 0 unspecified atom stereocenters. The van der Waals surface area contributed by atoms with Crippen molar-refractivity contribution in [3.63, 3.8) is 0 Å². The van der Waals surface area contributed by atoms with Crippen LogP contribution in [0, 0.1) is 5.41 Å². The van der Waals surface area contributed by atoms with Crippen molar-refractivity contribution in [2.45, 2.75) is 20.8 Å². The number of carbonyl (C=O) groups is 3. The van der Waals surface area contributed by atoms with Gasteiger partial charge in [0.2, 0.25) is 0 Å². The van der Waals surface area contributed by atoms with E-state index in [9.17, 15) is 14.4 Å². The van der Waals surface area contributed by atoms with Gasteiger partial charge in [-0.15, -0.1) is 0 Å². The lowest BCUT2D eigenvalue weighted by molar-refractivity contribution is 0.0330. The highest BCUT2D eigenvalue weighted by Gasteiger charge is 2.33. The van der Waals surface area contributed by atoms with Crippen molar-refractivity contribution in [2.75, 3.05) is 84.6 Å². The zero-order valence-corrected chi connectivity index (χ0v) is 31.0. The first kappa shape index (κ1) is 41.3. The highest BCUT2D eigenvalue weighted by Crippen LogP contribution is 2.28. The molecule has 0 aliphatic carbocycles. The normalized spacial score (nSPS) is 11.1. The SMILES string of the molecule is CCOCCOC(=O)c1cccc(OCC(CBr)(COc2cccc(C(=O)OCCOCC)c2)COc2cccc(C(=O)OCCOCC)c2)c1. The second kappa shape index (κ2) is 23.3. The molecule has 51 heavy (non-hydrogen) atoms. The van der Waals surface area contributed by atoms with Crippen LogP contribution in [0.15, 0.2) is 72.8 Å². The van der Waals surface area contributed by atoms with Crippen molar-refractivity contribution in [3.05, 3.63) is 89.5 Å². The number of hydrogen-bond acceptors (Lipinski definition) is 12. The molecule has 0 aliphatic rings. The van der Waals surface area contributed by atoms with E-state index in [1.807, 2.05) is 20.8 Å². The summed E-state index contributed by atoms with van der Waals surface area (Å²) in [5.41, 5.74) is 0.179. The maximum Gasteiger partial charge on any atom is 0.338 e. The van der Waals surface area contributed by atoms with Gasteiger partial charge in [0.25, 0.3) is 0 Å². The first-order valence-corrected chi connectivity index (χ1v) is 17.9. The minimum absolute atomic E-state index is 0.0966. The minimum atomic E-state index is -0.810. The Labute approximate surface area is 307 Å². The molecular formula is C38H47BrO12. The van der Waals surface area contributed by atoms with Crippen molar-refractivity contribution in [1.82, 2.24) is 0 Å². The monoisotopic (exact) mass is 774 g/mol.